The number of nitrogens with one attached hydrogen (secondary N) is 2. The van der Waals surface area contributed by atoms with Crippen LogP contribution >= 0.6 is 22.9 Å². The standard InChI is InChI=1S/C18H14ClF3N4O3S2/c19-12-6-8-13(9-7-12)31(28,29)26-14(11-4-2-1-3-5-11)10-15(27)23-17-25-24-16(30-17)18(20,21)22/h1-9,14,26H,10H2,(H,23,25,27). The molecule has 2 N–H and O–H groups in total. The number of hydrogen-bond acceptors (Lipinski definition) is 6. The highest BCUT2D eigenvalue weighted by Crippen LogP contribution is 2.33. The first-order valence-electron chi connectivity index (χ1n) is 8.58. The van der Waals surface area contributed by atoms with Gasteiger partial charge >= 0.3 is 6.18 Å². The van der Waals surface area contributed by atoms with E-state index in [4.69, 9.17) is 11.6 Å². The Bertz CT molecular complexity index is 1150. The van der Waals surface area contributed by atoms with Gasteiger partial charge in [-0.1, -0.05) is 53.3 Å². The summed E-state index contributed by atoms with van der Waals surface area (Å²) in [6, 6.07) is 12.7. The Balaban J connectivity index is 1.79. The number of benzene rings is 2. The molecule has 1 atom stereocenters. The maximum Gasteiger partial charge on any atom is 0.445 e. The maximum atomic E-state index is 12.7. The molecule has 0 aliphatic carbocycles. The van der Waals surface area contributed by atoms with Crippen molar-refractivity contribution in [2.24, 2.45) is 0 Å². The molecular weight excluding hydrogens is 477 g/mol. The Hall–Kier alpha value is -2.54. The van der Waals surface area contributed by atoms with Crippen molar-refractivity contribution in [3.05, 3.63) is 70.2 Å². The van der Waals surface area contributed by atoms with Crippen molar-refractivity contribution >= 4 is 44.0 Å². The molecule has 1 amide bonds. The van der Waals surface area contributed by atoms with Crippen molar-refractivity contribution in [1.29, 1.82) is 0 Å². The van der Waals surface area contributed by atoms with Gasteiger partial charge < -0.3 is 5.32 Å². The van der Waals surface area contributed by atoms with Gasteiger partial charge in [0.15, 0.2) is 0 Å². The van der Waals surface area contributed by atoms with Gasteiger partial charge in [0.1, 0.15) is 0 Å². The Kier molecular flexibility index (Phi) is 6.94. The van der Waals surface area contributed by atoms with E-state index in [1.807, 2.05) is 0 Å². The molecule has 0 fully saturated rings. The second-order valence-corrected chi connectivity index (χ2v) is 9.33. The molecular formula is C18H14ClF3N4O3S2. The summed E-state index contributed by atoms with van der Waals surface area (Å²) in [5, 5.41) is 7.32. The summed E-state index contributed by atoms with van der Waals surface area (Å²) in [4.78, 5) is 12.4. The second kappa shape index (κ2) is 9.30. The quantitative estimate of drug-likeness (QED) is 0.515. The lowest BCUT2D eigenvalue weighted by molar-refractivity contribution is -0.138. The lowest BCUT2D eigenvalue weighted by Gasteiger charge is -2.19. The van der Waals surface area contributed by atoms with Gasteiger partial charge in [-0.2, -0.15) is 13.2 Å². The Labute approximate surface area is 184 Å². The molecule has 1 unspecified atom stereocenters. The number of alkyl halides is 3. The van der Waals surface area contributed by atoms with Crippen LogP contribution in [-0.2, 0) is 21.0 Å². The number of anilines is 1. The van der Waals surface area contributed by atoms with Crippen LogP contribution in [0.15, 0.2) is 59.5 Å². The van der Waals surface area contributed by atoms with E-state index < -0.39 is 39.6 Å². The van der Waals surface area contributed by atoms with Crippen LogP contribution < -0.4 is 10.0 Å². The molecule has 31 heavy (non-hydrogen) atoms. The number of halogens is 4. The van der Waals surface area contributed by atoms with Gasteiger partial charge in [0, 0.05) is 11.4 Å². The van der Waals surface area contributed by atoms with Crippen LogP contribution in [0.3, 0.4) is 0 Å². The van der Waals surface area contributed by atoms with Crippen LogP contribution in [0.4, 0.5) is 18.3 Å². The highest BCUT2D eigenvalue weighted by atomic mass is 35.5. The van der Waals surface area contributed by atoms with Crippen molar-refractivity contribution in [3.8, 4) is 0 Å². The third kappa shape index (κ3) is 6.23. The molecule has 2 aromatic carbocycles. The number of hydrogen-bond donors (Lipinski definition) is 2. The lowest BCUT2D eigenvalue weighted by atomic mass is 10.0. The monoisotopic (exact) mass is 490 g/mol. The van der Waals surface area contributed by atoms with Gasteiger partial charge in [-0.15, -0.1) is 10.2 Å². The molecule has 164 valence electrons. The molecule has 13 heteroatoms. The van der Waals surface area contributed by atoms with E-state index >= 15 is 0 Å². The highest BCUT2D eigenvalue weighted by Gasteiger charge is 2.36. The first kappa shape index (κ1) is 23.1. The van der Waals surface area contributed by atoms with Gasteiger partial charge in [0.2, 0.25) is 26.1 Å². The van der Waals surface area contributed by atoms with Crippen LogP contribution in [0.1, 0.15) is 23.0 Å². The molecule has 0 saturated carbocycles. The molecule has 0 radical (unpaired) electrons. The third-order valence-corrected chi connectivity index (χ3v) is 6.55. The molecule has 0 bridgehead atoms. The zero-order valence-electron chi connectivity index (χ0n) is 15.4. The predicted octanol–water partition coefficient (Wildman–Crippen LogP) is 4.26. The molecule has 0 spiro atoms. The number of carbonyl (C=O) groups is 1. The lowest BCUT2D eigenvalue weighted by Crippen LogP contribution is -2.31. The van der Waals surface area contributed by atoms with Crippen molar-refractivity contribution in [1.82, 2.24) is 14.9 Å². The maximum absolute atomic E-state index is 12.7. The Morgan fingerprint density at radius 3 is 2.29 bits per heavy atom. The smallest absolute Gasteiger partial charge is 0.300 e. The van der Waals surface area contributed by atoms with Crippen molar-refractivity contribution < 1.29 is 26.4 Å². The minimum Gasteiger partial charge on any atom is -0.300 e. The molecule has 0 aliphatic heterocycles. The first-order valence-corrected chi connectivity index (χ1v) is 11.3. The topological polar surface area (TPSA) is 101 Å². The minimum atomic E-state index is -4.68. The Morgan fingerprint density at radius 1 is 1.06 bits per heavy atom. The average molecular weight is 491 g/mol. The fraction of sp³-hybridized carbons (Fsp3) is 0.167. The van der Waals surface area contributed by atoms with E-state index in [0.29, 0.717) is 10.6 Å². The fourth-order valence-electron chi connectivity index (χ4n) is 2.53. The van der Waals surface area contributed by atoms with E-state index in [-0.39, 0.29) is 21.4 Å². The number of rotatable bonds is 7. The summed E-state index contributed by atoms with van der Waals surface area (Å²) in [5.74, 6) is -0.738. The van der Waals surface area contributed by atoms with E-state index in [1.54, 1.807) is 30.3 Å². The highest BCUT2D eigenvalue weighted by molar-refractivity contribution is 7.89. The number of sulfonamides is 1. The van der Waals surface area contributed by atoms with Crippen LogP contribution in [0.2, 0.25) is 5.02 Å². The van der Waals surface area contributed by atoms with Crippen LogP contribution in [0, 0.1) is 0 Å². The van der Waals surface area contributed by atoms with Crippen LogP contribution in [-0.4, -0.2) is 24.5 Å². The average Bonchev–Trinajstić information content (AvgIpc) is 3.17. The summed E-state index contributed by atoms with van der Waals surface area (Å²) in [7, 11) is -4.02. The predicted molar refractivity (Wildman–Crippen MR) is 109 cm³/mol. The molecule has 1 heterocycles. The number of aromatic nitrogens is 2. The van der Waals surface area contributed by atoms with Gasteiger partial charge in [0.05, 0.1) is 10.9 Å². The van der Waals surface area contributed by atoms with Crippen LogP contribution in [0.25, 0.3) is 0 Å². The van der Waals surface area contributed by atoms with Gasteiger partial charge in [-0.3, -0.25) is 4.79 Å². The van der Waals surface area contributed by atoms with E-state index in [1.165, 1.54) is 24.3 Å². The molecule has 1 aromatic heterocycles. The van der Waals surface area contributed by atoms with Gasteiger partial charge in [-0.25, -0.2) is 13.1 Å². The van der Waals surface area contributed by atoms with E-state index in [2.05, 4.69) is 20.2 Å². The second-order valence-electron chi connectivity index (χ2n) is 6.20. The molecule has 3 aromatic rings. The summed E-state index contributed by atoms with van der Waals surface area (Å²) in [6.07, 6.45) is -5.07. The number of carbonyl (C=O) groups excluding carboxylic acids is 1. The minimum absolute atomic E-state index is 0.0582. The molecule has 3 rings (SSSR count). The van der Waals surface area contributed by atoms with Crippen molar-refractivity contribution in [2.45, 2.75) is 23.5 Å². The number of nitrogens with zero attached hydrogens (tertiary/aromatic N) is 2. The zero-order chi connectivity index (χ0) is 22.6. The summed E-state index contributed by atoms with van der Waals surface area (Å²) >= 11 is 5.96. The van der Waals surface area contributed by atoms with Gasteiger partial charge in [-0.05, 0) is 29.8 Å². The zero-order valence-corrected chi connectivity index (χ0v) is 17.8. The van der Waals surface area contributed by atoms with Crippen LogP contribution in [0.5, 0.6) is 0 Å². The Morgan fingerprint density at radius 2 is 1.71 bits per heavy atom. The molecule has 0 aliphatic rings. The normalized spacial score (nSPS) is 13.0. The van der Waals surface area contributed by atoms with Crippen molar-refractivity contribution in [2.75, 3.05) is 5.32 Å². The summed E-state index contributed by atoms with van der Waals surface area (Å²) in [5.41, 5.74) is 0.489. The summed E-state index contributed by atoms with van der Waals surface area (Å²) in [6.45, 7) is 0. The van der Waals surface area contributed by atoms with Gasteiger partial charge in [0.25, 0.3) is 0 Å². The van der Waals surface area contributed by atoms with Crippen molar-refractivity contribution in [3.63, 3.8) is 0 Å². The molecule has 7 nitrogen and oxygen atoms in total. The third-order valence-electron chi connectivity index (χ3n) is 3.93. The largest absolute Gasteiger partial charge is 0.445 e. The summed E-state index contributed by atoms with van der Waals surface area (Å²) < 4.78 is 65.9. The first-order chi connectivity index (χ1) is 14.5. The fourth-order valence-corrected chi connectivity index (χ4v) is 4.50. The SMILES string of the molecule is O=C(CC(NS(=O)(=O)c1ccc(Cl)cc1)c1ccccc1)Nc1nnc(C(F)(F)F)s1. The van der Waals surface area contributed by atoms with E-state index in [9.17, 15) is 26.4 Å². The number of amides is 1. The van der Waals surface area contributed by atoms with E-state index in [0.717, 1.165) is 0 Å². The molecule has 0 saturated heterocycles.